The largest absolute Gasteiger partial charge is 0.337 e. The quantitative estimate of drug-likeness (QED) is 0.132. The van der Waals surface area contributed by atoms with E-state index in [2.05, 4.69) is 27.3 Å². The Bertz CT molecular complexity index is 1690. The SMILES string of the molecule is CCCCNC(=O)NS(=O)(=O)c1cc(Cn2c(CCCC)nc3cc(NC(=O)CCCC)cnc32)ccc1-c1ccccc1. The number of aromatic nitrogens is 3. The highest BCUT2D eigenvalue weighted by Gasteiger charge is 2.23. The molecule has 44 heavy (non-hydrogen) atoms. The molecule has 0 aliphatic rings. The highest BCUT2D eigenvalue weighted by molar-refractivity contribution is 7.90. The number of aryl methyl sites for hydroxylation is 1. The number of amides is 3. The van der Waals surface area contributed by atoms with Gasteiger partial charge >= 0.3 is 6.03 Å². The molecule has 4 rings (SSSR count). The van der Waals surface area contributed by atoms with Crippen molar-refractivity contribution in [2.24, 2.45) is 0 Å². The minimum atomic E-state index is -4.21. The van der Waals surface area contributed by atoms with Crippen molar-refractivity contribution in [1.82, 2.24) is 24.6 Å². The second-order valence-corrected chi connectivity index (χ2v) is 12.5. The number of nitrogens with zero attached hydrogens (tertiary/aromatic N) is 3. The predicted octanol–water partition coefficient (Wildman–Crippen LogP) is 6.41. The zero-order chi connectivity index (χ0) is 31.5. The Labute approximate surface area is 259 Å². The third-order valence-electron chi connectivity index (χ3n) is 7.26. The number of pyridine rings is 1. The van der Waals surface area contributed by atoms with Crippen molar-refractivity contribution in [3.05, 3.63) is 72.2 Å². The molecule has 0 radical (unpaired) electrons. The number of benzene rings is 2. The van der Waals surface area contributed by atoms with E-state index in [1.165, 1.54) is 0 Å². The van der Waals surface area contributed by atoms with Gasteiger partial charge in [0.1, 0.15) is 11.3 Å². The normalized spacial score (nSPS) is 11.4. The predicted molar refractivity (Wildman–Crippen MR) is 174 cm³/mol. The lowest BCUT2D eigenvalue weighted by Gasteiger charge is -2.15. The van der Waals surface area contributed by atoms with E-state index in [0.29, 0.717) is 47.5 Å². The van der Waals surface area contributed by atoms with Crippen molar-refractivity contribution < 1.29 is 18.0 Å². The first-order valence-electron chi connectivity index (χ1n) is 15.4. The lowest BCUT2D eigenvalue weighted by atomic mass is 10.0. The van der Waals surface area contributed by atoms with Crippen LogP contribution in [0.3, 0.4) is 0 Å². The van der Waals surface area contributed by atoms with Crippen LogP contribution in [0.1, 0.15) is 77.1 Å². The number of fused-ring (bicyclic) bond motifs is 1. The Balaban J connectivity index is 1.71. The zero-order valence-corrected chi connectivity index (χ0v) is 26.5. The molecule has 10 nitrogen and oxygen atoms in total. The average molecular weight is 619 g/mol. The van der Waals surface area contributed by atoms with Gasteiger partial charge in [-0.05, 0) is 42.5 Å². The molecule has 0 unspecified atom stereocenters. The first-order chi connectivity index (χ1) is 21.2. The molecule has 2 aromatic carbocycles. The Morgan fingerprint density at radius 2 is 1.66 bits per heavy atom. The minimum absolute atomic E-state index is 0.0106. The van der Waals surface area contributed by atoms with Gasteiger partial charge in [-0.25, -0.2) is 27.9 Å². The third-order valence-corrected chi connectivity index (χ3v) is 8.63. The molecular weight excluding hydrogens is 576 g/mol. The standard InChI is InChI=1S/C33H42N6O4S/c1-4-7-15-30-37-28-21-26(36-31(40)16-8-5-2)22-35-32(28)39(30)23-24-17-18-27(25-13-11-10-12-14-25)29(20-24)44(42,43)38-33(41)34-19-9-6-3/h10-14,17-18,20-22H,4-9,15-16,19,23H2,1-3H3,(H,36,40)(H2,34,38,41). The van der Waals surface area contributed by atoms with E-state index in [4.69, 9.17) is 4.98 Å². The number of anilines is 1. The van der Waals surface area contributed by atoms with Gasteiger partial charge in [-0.2, -0.15) is 0 Å². The molecule has 234 valence electrons. The number of carbonyl (C=O) groups is 2. The lowest BCUT2D eigenvalue weighted by Crippen LogP contribution is -2.40. The molecule has 0 saturated heterocycles. The average Bonchev–Trinajstić information content (AvgIpc) is 3.35. The fourth-order valence-electron chi connectivity index (χ4n) is 4.90. The molecule has 0 atom stereocenters. The maximum absolute atomic E-state index is 13.6. The summed E-state index contributed by atoms with van der Waals surface area (Å²) >= 11 is 0. The summed E-state index contributed by atoms with van der Waals surface area (Å²) in [6, 6.07) is 15.6. The molecule has 4 aromatic rings. The maximum atomic E-state index is 13.6. The van der Waals surface area contributed by atoms with E-state index in [1.54, 1.807) is 18.3 Å². The van der Waals surface area contributed by atoms with E-state index >= 15 is 0 Å². The highest BCUT2D eigenvalue weighted by atomic mass is 32.2. The number of carbonyl (C=O) groups excluding carboxylic acids is 2. The highest BCUT2D eigenvalue weighted by Crippen LogP contribution is 2.30. The molecule has 0 aliphatic carbocycles. The van der Waals surface area contributed by atoms with Crippen molar-refractivity contribution in [2.45, 2.75) is 83.6 Å². The first kappa shape index (κ1) is 32.7. The molecule has 3 amide bonds. The number of hydrogen-bond acceptors (Lipinski definition) is 6. The second kappa shape index (κ2) is 15.5. The summed E-state index contributed by atoms with van der Waals surface area (Å²) in [5.74, 6) is 0.771. The van der Waals surface area contributed by atoms with Crippen LogP contribution in [0, 0.1) is 0 Å². The number of imidazole rings is 1. The van der Waals surface area contributed by atoms with Crippen LogP contribution in [0.4, 0.5) is 10.5 Å². The molecule has 2 aromatic heterocycles. The summed E-state index contributed by atoms with van der Waals surface area (Å²) in [6.07, 6.45) is 8.08. The molecule has 0 saturated carbocycles. The molecule has 0 bridgehead atoms. The zero-order valence-electron chi connectivity index (χ0n) is 25.7. The minimum Gasteiger partial charge on any atom is -0.337 e. The van der Waals surface area contributed by atoms with Crippen molar-refractivity contribution in [1.29, 1.82) is 0 Å². The number of unbranched alkanes of at least 4 members (excludes halogenated alkanes) is 3. The van der Waals surface area contributed by atoms with Crippen LogP contribution in [-0.4, -0.2) is 41.4 Å². The van der Waals surface area contributed by atoms with Crippen molar-refractivity contribution in [2.75, 3.05) is 11.9 Å². The van der Waals surface area contributed by atoms with Crippen molar-refractivity contribution in [3.8, 4) is 11.1 Å². The Morgan fingerprint density at radius 3 is 2.39 bits per heavy atom. The fraction of sp³-hybridized carbons (Fsp3) is 0.394. The summed E-state index contributed by atoms with van der Waals surface area (Å²) in [5.41, 5.74) is 3.82. The van der Waals surface area contributed by atoms with Crippen molar-refractivity contribution in [3.63, 3.8) is 0 Å². The fourth-order valence-corrected chi connectivity index (χ4v) is 6.11. The van der Waals surface area contributed by atoms with Gasteiger partial charge in [0.2, 0.25) is 5.91 Å². The van der Waals surface area contributed by atoms with Gasteiger partial charge in [0.15, 0.2) is 5.65 Å². The maximum Gasteiger partial charge on any atom is 0.328 e. The molecule has 0 fully saturated rings. The van der Waals surface area contributed by atoms with E-state index in [9.17, 15) is 18.0 Å². The van der Waals surface area contributed by atoms with Crippen LogP contribution >= 0.6 is 0 Å². The van der Waals surface area contributed by atoms with Gasteiger partial charge in [0.05, 0.1) is 23.3 Å². The first-order valence-corrected chi connectivity index (χ1v) is 16.9. The number of hydrogen-bond donors (Lipinski definition) is 3. The topological polar surface area (TPSA) is 135 Å². The van der Waals surface area contributed by atoms with Crippen LogP contribution in [0.2, 0.25) is 0 Å². The summed E-state index contributed by atoms with van der Waals surface area (Å²) < 4.78 is 31.4. The molecule has 0 aliphatic heterocycles. The van der Waals surface area contributed by atoms with Gasteiger partial charge in [0.25, 0.3) is 10.0 Å². The van der Waals surface area contributed by atoms with Crippen LogP contribution in [0.5, 0.6) is 0 Å². The summed E-state index contributed by atoms with van der Waals surface area (Å²) in [6.45, 7) is 6.85. The summed E-state index contributed by atoms with van der Waals surface area (Å²) in [7, 11) is -4.21. The smallest absolute Gasteiger partial charge is 0.328 e. The number of urea groups is 1. The van der Waals surface area contributed by atoms with Crippen LogP contribution in [0.15, 0.2) is 65.7 Å². The number of sulfonamides is 1. The van der Waals surface area contributed by atoms with Crippen LogP contribution < -0.4 is 15.4 Å². The van der Waals surface area contributed by atoms with E-state index < -0.39 is 16.1 Å². The van der Waals surface area contributed by atoms with E-state index in [1.807, 2.05) is 60.9 Å². The summed E-state index contributed by atoms with van der Waals surface area (Å²) in [5, 5.41) is 5.53. The molecule has 11 heteroatoms. The van der Waals surface area contributed by atoms with Gasteiger partial charge < -0.3 is 15.2 Å². The molecule has 3 N–H and O–H groups in total. The number of rotatable bonds is 15. The number of nitrogens with one attached hydrogen (secondary N) is 3. The van der Waals surface area contributed by atoms with E-state index in [0.717, 1.165) is 56.3 Å². The molecule has 0 spiro atoms. The second-order valence-electron chi connectivity index (χ2n) is 10.8. The van der Waals surface area contributed by atoms with E-state index in [-0.39, 0.29) is 10.8 Å². The van der Waals surface area contributed by atoms with Crippen LogP contribution in [0.25, 0.3) is 22.3 Å². The Morgan fingerprint density at radius 1 is 0.909 bits per heavy atom. The molecular formula is C33H42N6O4S. The molecule has 2 heterocycles. The third kappa shape index (κ3) is 8.43. The van der Waals surface area contributed by atoms with Gasteiger partial charge in [-0.1, -0.05) is 82.5 Å². The Kier molecular flexibility index (Phi) is 11.5. The van der Waals surface area contributed by atoms with Gasteiger partial charge in [-0.3, -0.25) is 4.79 Å². The van der Waals surface area contributed by atoms with Gasteiger partial charge in [-0.15, -0.1) is 0 Å². The summed E-state index contributed by atoms with van der Waals surface area (Å²) in [4.78, 5) is 34.3. The lowest BCUT2D eigenvalue weighted by molar-refractivity contribution is -0.116. The van der Waals surface area contributed by atoms with Crippen LogP contribution in [-0.2, 0) is 27.8 Å². The Hall–Kier alpha value is -4.25. The monoisotopic (exact) mass is 618 g/mol. The van der Waals surface area contributed by atoms with Gasteiger partial charge in [0, 0.05) is 24.9 Å². The van der Waals surface area contributed by atoms with Crippen molar-refractivity contribution >= 4 is 38.8 Å².